The Morgan fingerprint density at radius 3 is 1.60 bits per heavy atom. The molecule has 1 aromatic heterocycles. The summed E-state index contributed by atoms with van der Waals surface area (Å²) >= 11 is 0. The van der Waals surface area contributed by atoms with Gasteiger partial charge in [-0.3, -0.25) is 38.9 Å². The van der Waals surface area contributed by atoms with E-state index in [4.69, 9.17) is 4.74 Å². The van der Waals surface area contributed by atoms with E-state index in [1.807, 2.05) is 0 Å². The molecular weight excluding hydrogens is 462 g/mol. The molecule has 2 aliphatic rings. The van der Waals surface area contributed by atoms with Gasteiger partial charge in [0.05, 0.1) is 44.2 Å². The fourth-order valence-electron chi connectivity index (χ4n) is 4.18. The molecule has 0 saturated carbocycles. The van der Waals surface area contributed by atoms with E-state index in [9.17, 15) is 34.5 Å². The summed E-state index contributed by atoms with van der Waals surface area (Å²) in [5.41, 5.74) is 1.38. The predicted octanol–water partition coefficient (Wildman–Crippen LogP) is -1.27. The molecule has 0 radical (unpaired) electrons. The summed E-state index contributed by atoms with van der Waals surface area (Å²) in [4.78, 5) is 58.6. The van der Waals surface area contributed by atoms with E-state index in [1.165, 1.54) is 0 Å². The summed E-state index contributed by atoms with van der Waals surface area (Å²) in [5.74, 6) is -3.28. The van der Waals surface area contributed by atoms with Gasteiger partial charge in [-0.2, -0.15) is 0 Å². The Labute approximate surface area is 202 Å². The van der Waals surface area contributed by atoms with Gasteiger partial charge < -0.3 is 25.0 Å². The van der Waals surface area contributed by atoms with Gasteiger partial charge in [0, 0.05) is 57.9 Å². The Bertz CT molecular complexity index is 888. The topological polar surface area (TPSA) is 164 Å². The number of ether oxygens (including phenoxy) is 1. The number of amides is 1. The highest BCUT2D eigenvalue weighted by Crippen LogP contribution is 2.15. The van der Waals surface area contributed by atoms with Crippen LogP contribution in [-0.4, -0.2) is 136 Å². The van der Waals surface area contributed by atoms with Crippen LogP contribution >= 0.6 is 0 Å². The maximum Gasteiger partial charge on any atom is 0.317 e. The van der Waals surface area contributed by atoms with Gasteiger partial charge in [-0.1, -0.05) is 0 Å². The third kappa shape index (κ3) is 8.55. The zero-order valence-electron chi connectivity index (χ0n) is 19.5. The Morgan fingerprint density at radius 2 is 1.14 bits per heavy atom. The molecule has 2 bridgehead atoms. The fraction of sp³-hybridized carbons (Fsp3) is 0.591. The summed E-state index contributed by atoms with van der Waals surface area (Å²) < 4.78 is 5.32. The molecule has 192 valence electrons. The van der Waals surface area contributed by atoms with Gasteiger partial charge in [-0.05, 0) is 12.1 Å². The molecule has 3 heterocycles. The molecule has 0 aliphatic carbocycles. The molecule has 1 aromatic rings. The first-order valence-corrected chi connectivity index (χ1v) is 11.4. The number of nitrogens with zero attached hydrogens (tertiary/aromatic N) is 5. The predicted molar refractivity (Wildman–Crippen MR) is 121 cm³/mol. The van der Waals surface area contributed by atoms with Gasteiger partial charge in [0.25, 0.3) is 5.91 Å². The quantitative estimate of drug-likeness (QED) is 0.413. The zero-order valence-corrected chi connectivity index (χ0v) is 19.5. The lowest BCUT2D eigenvalue weighted by molar-refractivity contribution is -0.140. The van der Waals surface area contributed by atoms with Gasteiger partial charge in [0.15, 0.2) is 0 Å². The summed E-state index contributed by atoms with van der Waals surface area (Å²) in [7, 11) is 0. The third-order valence-electron chi connectivity index (χ3n) is 5.79. The smallest absolute Gasteiger partial charge is 0.317 e. The number of hydrogen-bond acceptors (Lipinski definition) is 9. The van der Waals surface area contributed by atoms with Crippen molar-refractivity contribution in [1.82, 2.24) is 24.6 Å². The van der Waals surface area contributed by atoms with E-state index >= 15 is 0 Å². The minimum atomic E-state index is -1.03. The molecule has 0 unspecified atom stereocenters. The second kappa shape index (κ2) is 12.5. The van der Waals surface area contributed by atoms with Gasteiger partial charge in [-0.25, -0.2) is 0 Å². The minimum absolute atomic E-state index is 0.142. The summed E-state index contributed by atoms with van der Waals surface area (Å²) in [6.07, 6.45) is 0. The average Bonchev–Trinajstić information content (AvgIpc) is 2.78. The van der Waals surface area contributed by atoms with Crippen molar-refractivity contribution < 1.29 is 39.2 Å². The number of hydrogen-bond donors (Lipinski definition) is 3. The van der Waals surface area contributed by atoms with Crippen LogP contribution in [0.1, 0.15) is 21.7 Å². The molecule has 35 heavy (non-hydrogen) atoms. The second-order valence-corrected chi connectivity index (χ2v) is 8.62. The number of carboxylic acid groups (broad SMARTS) is 3. The van der Waals surface area contributed by atoms with E-state index in [1.54, 1.807) is 31.7 Å². The summed E-state index contributed by atoms with van der Waals surface area (Å²) in [6.45, 7) is 2.38. The number of morpholine rings is 1. The molecule has 2 aliphatic heterocycles. The molecule has 0 atom stereocenters. The van der Waals surface area contributed by atoms with E-state index < -0.39 is 17.9 Å². The lowest BCUT2D eigenvalue weighted by atomic mass is 10.1. The lowest BCUT2D eigenvalue weighted by Crippen LogP contribution is -2.44. The number of carbonyl (C=O) groups excluding carboxylic acids is 1. The van der Waals surface area contributed by atoms with Crippen LogP contribution in [-0.2, 0) is 32.2 Å². The first-order chi connectivity index (χ1) is 16.7. The molecule has 1 fully saturated rings. The molecule has 13 nitrogen and oxygen atoms in total. The van der Waals surface area contributed by atoms with Crippen molar-refractivity contribution in [3.63, 3.8) is 0 Å². The van der Waals surface area contributed by atoms with Gasteiger partial charge in [0.2, 0.25) is 0 Å². The van der Waals surface area contributed by atoms with Crippen LogP contribution < -0.4 is 0 Å². The van der Waals surface area contributed by atoms with Crippen molar-refractivity contribution in [3.8, 4) is 0 Å². The average molecular weight is 494 g/mol. The van der Waals surface area contributed by atoms with Crippen molar-refractivity contribution in [2.75, 3.05) is 72.1 Å². The Kier molecular flexibility index (Phi) is 9.48. The largest absolute Gasteiger partial charge is 0.480 e. The number of aliphatic carboxylic acids is 3. The van der Waals surface area contributed by atoms with E-state index in [2.05, 4.69) is 4.98 Å². The lowest BCUT2D eigenvalue weighted by Gasteiger charge is -2.30. The third-order valence-corrected chi connectivity index (χ3v) is 5.79. The SMILES string of the molecule is O=C(O)CN1CCN(CC(=O)O)Cc2cc(C(=O)N3CCOCC3)cc(n2)CN(CC(=O)O)CC1. The maximum atomic E-state index is 13.1. The van der Waals surface area contributed by atoms with Crippen molar-refractivity contribution >= 4 is 23.8 Å². The van der Waals surface area contributed by atoms with Crippen molar-refractivity contribution in [3.05, 3.63) is 29.1 Å². The minimum Gasteiger partial charge on any atom is -0.480 e. The number of rotatable bonds is 7. The Hall–Kier alpha value is -3.13. The summed E-state index contributed by atoms with van der Waals surface area (Å²) in [6, 6.07) is 3.27. The van der Waals surface area contributed by atoms with Crippen molar-refractivity contribution in [2.24, 2.45) is 0 Å². The fourth-order valence-corrected chi connectivity index (χ4v) is 4.18. The monoisotopic (exact) mass is 493 g/mol. The van der Waals surface area contributed by atoms with Crippen molar-refractivity contribution in [1.29, 1.82) is 0 Å². The molecule has 3 rings (SSSR count). The van der Waals surface area contributed by atoms with Gasteiger partial charge in [-0.15, -0.1) is 0 Å². The number of fused-ring (bicyclic) bond motifs is 2. The molecule has 13 heteroatoms. The Morgan fingerprint density at radius 1 is 0.714 bits per heavy atom. The number of carbonyl (C=O) groups is 4. The summed E-state index contributed by atoms with van der Waals surface area (Å²) in [5, 5.41) is 28.0. The number of pyridine rings is 1. The molecule has 0 spiro atoms. The highest BCUT2D eigenvalue weighted by Gasteiger charge is 2.23. The first-order valence-electron chi connectivity index (χ1n) is 11.4. The molecule has 1 saturated heterocycles. The van der Waals surface area contributed by atoms with Crippen LogP contribution in [0.5, 0.6) is 0 Å². The van der Waals surface area contributed by atoms with Crippen LogP contribution in [0.2, 0.25) is 0 Å². The van der Waals surface area contributed by atoms with Crippen molar-refractivity contribution in [2.45, 2.75) is 13.1 Å². The van der Waals surface area contributed by atoms with Crippen LogP contribution in [0.4, 0.5) is 0 Å². The molecular formula is C22H31N5O8. The molecule has 3 N–H and O–H groups in total. The van der Waals surface area contributed by atoms with Gasteiger partial charge in [0.1, 0.15) is 0 Å². The highest BCUT2D eigenvalue weighted by molar-refractivity contribution is 5.94. The maximum absolute atomic E-state index is 13.1. The van der Waals surface area contributed by atoms with Crippen LogP contribution in [0.25, 0.3) is 0 Å². The Balaban J connectivity index is 1.93. The van der Waals surface area contributed by atoms with Gasteiger partial charge >= 0.3 is 17.9 Å². The van der Waals surface area contributed by atoms with Crippen LogP contribution in [0, 0.1) is 0 Å². The van der Waals surface area contributed by atoms with Crippen LogP contribution in [0.3, 0.4) is 0 Å². The van der Waals surface area contributed by atoms with E-state index in [-0.39, 0.29) is 64.8 Å². The van der Waals surface area contributed by atoms with E-state index in [0.717, 1.165) is 0 Å². The first kappa shape index (κ1) is 26.5. The second-order valence-electron chi connectivity index (χ2n) is 8.62. The zero-order chi connectivity index (χ0) is 25.4. The number of carboxylic acids is 3. The van der Waals surface area contributed by atoms with Crippen LogP contribution in [0.15, 0.2) is 12.1 Å². The number of aromatic nitrogens is 1. The molecule has 0 aromatic carbocycles. The standard InChI is InChI=1S/C22H31N5O8/c28-19(29)13-24-1-3-25(14-20(30)31)11-17-9-16(22(34)27-5-7-35-8-6-27)10-18(23-17)12-26(4-2-24)15-21(32)33/h9-10H,1-8,11-15H2,(H,28,29)(H,30,31)(H,32,33). The molecule has 1 amide bonds. The highest BCUT2D eigenvalue weighted by atomic mass is 16.5. The van der Waals surface area contributed by atoms with E-state index in [0.29, 0.717) is 43.3 Å². The normalized spacial score (nSPS) is 18.9.